The fourth-order valence-corrected chi connectivity index (χ4v) is 1.54. The average Bonchev–Trinajstić information content (AvgIpc) is 2.39. The molecule has 0 N–H and O–H groups in total. The lowest BCUT2D eigenvalue weighted by Crippen LogP contribution is -2.00. The standard InChI is InChI=1S/C13H8N4/c1-9-13(10-5-3-2-4-6-10)17-12(8-15)11(7-14)16-9/h2-6H,1H3. The Morgan fingerprint density at radius 1 is 0.941 bits per heavy atom. The zero-order valence-corrected chi connectivity index (χ0v) is 9.18. The number of nitrogens with zero attached hydrogens (tertiary/aromatic N) is 4. The van der Waals surface area contributed by atoms with Crippen LogP contribution in [0.25, 0.3) is 11.3 Å². The number of hydrogen-bond acceptors (Lipinski definition) is 4. The summed E-state index contributed by atoms with van der Waals surface area (Å²) in [6.07, 6.45) is 0. The van der Waals surface area contributed by atoms with Crippen molar-refractivity contribution in [2.75, 3.05) is 0 Å². The van der Waals surface area contributed by atoms with Crippen LogP contribution in [0.4, 0.5) is 0 Å². The molecule has 0 aliphatic rings. The summed E-state index contributed by atoms with van der Waals surface area (Å²) in [5, 5.41) is 17.7. The first kappa shape index (κ1) is 10.8. The second kappa shape index (κ2) is 4.42. The summed E-state index contributed by atoms with van der Waals surface area (Å²) in [4.78, 5) is 8.28. The van der Waals surface area contributed by atoms with Crippen LogP contribution >= 0.6 is 0 Å². The van der Waals surface area contributed by atoms with Crippen molar-refractivity contribution in [1.29, 1.82) is 10.5 Å². The number of rotatable bonds is 1. The van der Waals surface area contributed by atoms with Crippen LogP contribution in [0.5, 0.6) is 0 Å². The van der Waals surface area contributed by atoms with E-state index in [-0.39, 0.29) is 11.4 Å². The predicted molar refractivity (Wildman–Crippen MR) is 61.6 cm³/mol. The Hall–Kier alpha value is -2.72. The van der Waals surface area contributed by atoms with Crippen molar-refractivity contribution in [3.05, 3.63) is 47.4 Å². The average molecular weight is 220 g/mol. The van der Waals surface area contributed by atoms with Gasteiger partial charge in [0, 0.05) is 5.56 Å². The molecule has 0 radical (unpaired) electrons. The zero-order valence-electron chi connectivity index (χ0n) is 9.18. The maximum absolute atomic E-state index is 8.91. The lowest BCUT2D eigenvalue weighted by Gasteiger charge is -2.05. The van der Waals surface area contributed by atoms with Gasteiger partial charge in [0.05, 0.1) is 11.4 Å². The molecule has 1 heterocycles. The van der Waals surface area contributed by atoms with Crippen LogP contribution in [-0.2, 0) is 0 Å². The molecule has 0 saturated carbocycles. The summed E-state index contributed by atoms with van der Waals surface area (Å²) in [6, 6.07) is 13.2. The molecule has 0 unspecified atom stereocenters. The minimum absolute atomic E-state index is 0.0666. The molecule has 0 spiro atoms. The van der Waals surface area contributed by atoms with Gasteiger partial charge in [0.25, 0.3) is 0 Å². The van der Waals surface area contributed by atoms with E-state index in [0.717, 1.165) is 5.56 Å². The van der Waals surface area contributed by atoms with Gasteiger partial charge in [-0.25, -0.2) is 9.97 Å². The van der Waals surface area contributed by atoms with Gasteiger partial charge in [0.1, 0.15) is 12.1 Å². The number of aryl methyl sites for hydroxylation is 1. The van der Waals surface area contributed by atoms with Crippen LogP contribution in [0.1, 0.15) is 17.1 Å². The van der Waals surface area contributed by atoms with E-state index in [1.807, 2.05) is 42.5 Å². The van der Waals surface area contributed by atoms with E-state index in [9.17, 15) is 0 Å². The van der Waals surface area contributed by atoms with Crippen molar-refractivity contribution in [2.24, 2.45) is 0 Å². The van der Waals surface area contributed by atoms with Crippen molar-refractivity contribution in [2.45, 2.75) is 6.92 Å². The van der Waals surface area contributed by atoms with Gasteiger partial charge >= 0.3 is 0 Å². The minimum atomic E-state index is 0.0666. The first-order valence-electron chi connectivity index (χ1n) is 5.00. The minimum Gasteiger partial charge on any atom is -0.237 e. The Labute approximate surface area is 98.8 Å². The molecule has 1 aromatic heterocycles. The van der Waals surface area contributed by atoms with E-state index >= 15 is 0 Å². The fraction of sp³-hybridized carbons (Fsp3) is 0.0769. The van der Waals surface area contributed by atoms with Gasteiger partial charge in [0.2, 0.25) is 0 Å². The SMILES string of the molecule is Cc1nc(C#N)c(C#N)nc1-c1ccccc1. The molecular weight excluding hydrogens is 212 g/mol. The first-order valence-corrected chi connectivity index (χ1v) is 5.00. The summed E-state index contributed by atoms with van der Waals surface area (Å²) in [5.74, 6) is 0. The number of aromatic nitrogens is 2. The van der Waals surface area contributed by atoms with Gasteiger partial charge in [-0.1, -0.05) is 30.3 Å². The highest BCUT2D eigenvalue weighted by molar-refractivity contribution is 5.62. The van der Waals surface area contributed by atoms with Gasteiger partial charge in [-0.3, -0.25) is 0 Å². The van der Waals surface area contributed by atoms with E-state index < -0.39 is 0 Å². The van der Waals surface area contributed by atoms with Crippen molar-refractivity contribution < 1.29 is 0 Å². The van der Waals surface area contributed by atoms with Gasteiger partial charge < -0.3 is 0 Å². The zero-order chi connectivity index (χ0) is 12.3. The molecule has 4 nitrogen and oxygen atoms in total. The molecule has 80 valence electrons. The molecule has 0 aliphatic heterocycles. The molecule has 0 saturated heterocycles. The summed E-state index contributed by atoms with van der Waals surface area (Å²) in [5.41, 5.74) is 2.31. The Balaban J connectivity index is 2.66. The highest BCUT2D eigenvalue weighted by atomic mass is 14.8. The lowest BCUT2D eigenvalue weighted by molar-refractivity contribution is 1.07. The van der Waals surface area contributed by atoms with Crippen molar-refractivity contribution in [3.63, 3.8) is 0 Å². The topological polar surface area (TPSA) is 73.4 Å². The Kier molecular flexibility index (Phi) is 2.81. The highest BCUT2D eigenvalue weighted by Gasteiger charge is 2.11. The third-order valence-electron chi connectivity index (χ3n) is 2.33. The molecule has 0 aliphatic carbocycles. The molecule has 0 fully saturated rings. The second-order valence-corrected chi connectivity index (χ2v) is 3.44. The molecule has 1 aromatic carbocycles. The lowest BCUT2D eigenvalue weighted by atomic mass is 10.1. The summed E-state index contributed by atoms with van der Waals surface area (Å²) in [6.45, 7) is 1.78. The van der Waals surface area contributed by atoms with Gasteiger partial charge in [-0.2, -0.15) is 10.5 Å². The van der Waals surface area contributed by atoms with Crippen LogP contribution in [-0.4, -0.2) is 9.97 Å². The number of benzene rings is 1. The van der Waals surface area contributed by atoms with Crippen LogP contribution in [0, 0.1) is 29.6 Å². The van der Waals surface area contributed by atoms with E-state index in [4.69, 9.17) is 10.5 Å². The van der Waals surface area contributed by atoms with E-state index in [1.54, 1.807) is 6.92 Å². The Morgan fingerprint density at radius 2 is 1.53 bits per heavy atom. The van der Waals surface area contributed by atoms with Gasteiger partial charge in [0.15, 0.2) is 11.4 Å². The van der Waals surface area contributed by atoms with E-state index in [1.165, 1.54) is 0 Å². The highest BCUT2D eigenvalue weighted by Crippen LogP contribution is 2.20. The van der Waals surface area contributed by atoms with Crippen LogP contribution in [0.15, 0.2) is 30.3 Å². The summed E-state index contributed by atoms with van der Waals surface area (Å²) < 4.78 is 0. The van der Waals surface area contributed by atoms with Crippen LogP contribution in [0.3, 0.4) is 0 Å². The van der Waals surface area contributed by atoms with Crippen molar-refractivity contribution in [3.8, 4) is 23.4 Å². The maximum atomic E-state index is 8.91. The molecular formula is C13H8N4. The molecule has 0 atom stereocenters. The predicted octanol–water partition coefficient (Wildman–Crippen LogP) is 2.20. The van der Waals surface area contributed by atoms with Crippen LogP contribution in [0.2, 0.25) is 0 Å². The maximum Gasteiger partial charge on any atom is 0.177 e. The largest absolute Gasteiger partial charge is 0.237 e. The second-order valence-electron chi connectivity index (χ2n) is 3.44. The van der Waals surface area contributed by atoms with Crippen molar-refractivity contribution >= 4 is 0 Å². The number of hydrogen-bond donors (Lipinski definition) is 0. The molecule has 0 bridgehead atoms. The molecule has 0 amide bonds. The van der Waals surface area contributed by atoms with E-state index in [0.29, 0.717) is 11.4 Å². The van der Waals surface area contributed by atoms with Gasteiger partial charge in [-0.15, -0.1) is 0 Å². The quantitative estimate of drug-likeness (QED) is 0.738. The summed E-state index contributed by atoms with van der Waals surface area (Å²) in [7, 11) is 0. The molecule has 4 heteroatoms. The van der Waals surface area contributed by atoms with Crippen LogP contribution < -0.4 is 0 Å². The third-order valence-corrected chi connectivity index (χ3v) is 2.33. The monoisotopic (exact) mass is 220 g/mol. The Morgan fingerprint density at radius 3 is 2.12 bits per heavy atom. The third kappa shape index (κ3) is 1.97. The smallest absolute Gasteiger partial charge is 0.177 e. The summed E-state index contributed by atoms with van der Waals surface area (Å²) >= 11 is 0. The molecule has 2 aromatic rings. The normalized spacial score (nSPS) is 9.35. The fourth-order valence-electron chi connectivity index (χ4n) is 1.54. The Bertz CT molecular complexity index is 633. The first-order chi connectivity index (χ1) is 8.26. The van der Waals surface area contributed by atoms with Gasteiger partial charge in [-0.05, 0) is 6.92 Å². The van der Waals surface area contributed by atoms with Crippen molar-refractivity contribution in [1.82, 2.24) is 9.97 Å². The molecule has 17 heavy (non-hydrogen) atoms. The van der Waals surface area contributed by atoms with E-state index in [2.05, 4.69) is 9.97 Å². The molecule has 2 rings (SSSR count). The number of nitriles is 2.